The molecular weight excluding hydrogens is 353 g/mol. The molecule has 0 aliphatic rings. The zero-order valence-electron chi connectivity index (χ0n) is 15.9. The van der Waals surface area contributed by atoms with E-state index in [0.29, 0.717) is 26.2 Å². The second kappa shape index (κ2) is 10.7. The summed E-state index contributed by atoms with van der Waals surface area (Å²) in [6.45, 7) is 2.55. The lowest BCUT2D eigenvalue weighted by molar-refractivity contribution is 0.00712. The fourth-order valence-corrected chi connectivity index (χ4v) is 3.11. The van der Waals surface area contributed by atoms with Crippen LogP contribution in [0.3, 0.4) is 0 Å². The molecule has 0 unspecified atom stereocenters. The van der Waals surface area contributed by atoms with Crippen LogP contribution in [0.1, 0.15) is 16.7 Å². The zero-order valence-corrected chi connectivity index (χ0v) is 15.9. The van der Waals surface area contributed by atoms with Crippen molar-refractivity contribution in [3.8, 4) is 0 Å². The third-order valence-corrected chi connectivity index (χ3v) is 4.46. The molecule has 4 heteroatoms. The average molecular weight is 379 g/mol. The van der Waals surface area contributed by atoms with Gasteiger partial charge in [-0.25, -0.2) is 4.39 Å². The first-order chi connectivity index (χ1) is 13.7. The summed E-state index contributed by atoms with van der Waals surface area (Å²) in [7, 11) is 0. The van der Waals surface area contributed by atoms with Crippen LogP contribution in [0.2, 0.25) is 0 Å². The lowest BCUT2D eigenvalue weighted by Gasteiger charge is -2.25. The molecule has 3 aromatic carbocycles. The molecule has 0 saturated carbocycles. The normalized spacial score (nSPS) is 12.2. The fraction of sp³-hybridized carbons (Fsp3) is 0.250. The SMILES string of the molecule is O[C@H](COCc1ccccc1)CN(Cc1ccccc1)Cc1ccc(F)cc1. The minimum Gasteiger partial charge on any atom is -0.389 e. The molecule has 1 N–H and O–H groups in total. The molecule has 0 bridgehead atoms. The Hall–Kier alpha value is -2.53. The van der Waals surface area contributed by atoms with E-state index in [2.05, 4.69) is 17.0 Å². The Morgan fingerprint density at radius 3 is 1.89 bits per heavy atom. The van der Waals surface area contributed by atoms with Crippen LogP contribution in [-0.4, -0.2) is 29.3 Å². The lowest BCUT2D eigenvalue weighted by atomic mass is 10.1. The first kappa shape index (κ1) is 20.2. The Bertz CT molecular complexity index is 809. The molecule has 3 nitrogen and oxygen atoms in total. The predicted molar refractivity (Wildman–Crippen MR) is 109 cm³/mol. The van der Waals surface area contributed by atoms with Crippen LogP contribution in [0.15, 0.2) is 84.9 Å². The molecule has 0 spiro atoms. The number of halogens is 1. The molecule has 146 valence electrons. The summed E-state index contributed by atoms with van der Waals surface area (Å²) in [6, 6.07) is 26.5. The van der Waals surface area contributed by atoms with E-state index in [-0.39, 0.29) is 12.4 Å². The standard InChI is InChI=1S/C24H26FNO2/c25-23-13-11-21(12-14-23)16-26(15-20-7-3-1-4-8-20)17-24(27)19-28-18-22-9-5-2-6-10-22/h1-14,24,27H,15-19H2/t24-/m0/s1. The van der Waals surface area contributed by atoms with Crippen LogP contribution in [0.5, 0.6) is 0 Å². The second-order valence-electron chi connectivity index (χ2n) is 6.94. The summed E-state index contributed by atoms with van der Waals surface area (Å²) in [5.74, 6) is -0.243. The van der Waals surface area contributed by atoms with Crippen LogP contribution in [0, 0.1) is 5.82 Å². The summed E-state index contributed by atoms with van der Waals surface area (Å²) in [5.41, 5.74) is 3.26. The Labute approximate surface area is 166 Å². The van der Waals surface area contributed by atoms with Gasteiger partial charge in [-0.1, -0.05) is 72.8 Å². The molecule has 28 heavy (non-hydrogen) atoms. The molecule has 3 rings (SSSR count). The number of hydrogen-bond donors (Lipinski definition) is 1. The molecule has 1 atom stereocenters. The summed E-state index contributed by atoms with van der Waals surface area (Å²) >= 11 is 0. The average Bonchev–Trinajstić information content (AvgIpc) is 2.71. The largest absolute Gasteiger partial charge is 0.389 e. The Morgan fingerprint density at radius 1 is 0.750 bits per heavy atom. The molecule has 0 aromatic heterocycles. The highest BCUT2D eigenvalue weighted by molar-refractivity contribution is 5.18. The van der Waals surface area contributed by atoms with Gasteiger partial charge >= 0.3 is 0 Å². The van der Waals surface area contributed by atoms with Crippen molar-refractivity contribution in [3.63, 3.8) is 0 Å². The van der Waals surface area contributed by atoms with Gasteiger partial charge in [0.05, 0.1) is 19.3 Å². The molecule has 0 aliphatic heterocycles. The molecular formula is C24H26FNO2. The molecule has 0 heterocycles. The number of benzene rings is 3. The molecule has 3 aromatic rings. The van der Waals surface area contributed by atoms with Gasteiger partial charge in [0.25, 0.3) is 0 Å². The van der Waals surface area contributed by atoms with Gasteiger partial charge in [-0.15, -0.1) is 0 Å². The van der Waals surface area contributed by atoms with Gasteiger partial charge in [0.2, 0.25) is 0 Å². The first-order valence-electron chi connectivity index (χ1n) is 9.49. The van der Waals surface area contributed by atoms with E-state index in [1.54, 1.807) is 12.1 Å². The zero-order chi connectivity index (χ0) is 19.6. The maximum atomic E-state index is 13.2. The van der Waals surface area contributed by atoms with Gasteiger partial charge in [0.15, 0.2) is 0 Å². The highest BCUT2D eigenvalue weighted by Crippen LogP contribution is 2.12. The fourth-order valence-electron chi connectivity index (χ4n) is 3.11. The summed E-state index contributed by atoms with van der Waals surface area (Å²) in [5, 5.41) is 10.5. The quantitative estimate of drug-likeness (QED) is 0.567. The van der Waals surface area contributed by atoms with Gasteiger partial charge in [-0.05, 0) is 28.8 Å². The van der Waals surface area contributed by atoms with E-state index in [0.717, 1.165) is 11.1 Å². The van der Waals surface area contributed by atoms with Crippen LogP contribution in [0.4, 0.5) is 4.39 Å². The number of aliphatic hydroxyl groups excluding tert-OH is 1. The monoisotopic (exact) mass is 379 g/mol. The summed E-state index contributed by atoms with van der Waals surface area (Å²) in [6.07, 6.45) is -0.604. The van der Waals surface area contributed by atoms with Crippen molar-refractivity contribution in [2.75, 3.05) is 13.2 Å². The molecule has 0 amide bonds. The topological polar surface area (TPSA) is 32.7 Å². The lowest BCUT2D eigenvalue weighted by Crippen LogP contribution is -2.34. The second-order valence-corrected chi connectivity index (χ2v) is 6.94. The minimum atomic E-state index is -0.604. The third-order valence-electron chi connectivity index (χ3n) is 4.46. The van der Waals surface area contributed by atoms with Crippen molar-refractivity contribution >= 4 is 0 Å². The highest BCUT2D eigenvalue weighted by Gasteiger charge is 2.14. The maximum absolute atomic E-state index is 13.2. The van der Waals surface area contributed by atoms with Crippen molar-refractivity contribution < 1.29 is 14.2 Å². The highest BCUT2D eigenvalue weighted by atomic mass is 19.1. The van der Waals surface area contributed by atoms with Crippen molar-refractivity contribution in [2.24, 2.45) is 0 Å². The van der Waals surface area contributed by atoms with E-state index in [1.165, 1.54) is 17.7 Å². The number of nitrogens with zero attached hydrogens (tertiary/aromatic N) is 1. The van der Waals surface area contributed by atoms with Crippen molar-refractivity contribution in [1.29, 1.82) is 0 Å². The molecule has 0 aliphatic carbocycles. The molecule has 0 fully saturated rings. The van der Waals surface area contributed by atoms with Gasteiger partial charge in [0, 0.05) is 19.6 Å². The van der Waals surface area contributed by atoms with Gasteiger partial charge in [-0.3, -0.25) is 4.90 Å². The van der Waals surface area contributed by atoms with Crippen LogP contribution < -0.4 is 0 Å². The van der Waals surface area contributed by atoms with E-state index in [4.69, 9.17) is 4.74 Å². The molecule has 0 saturated heterocycles. The van der Waals surface area contributed by atoms with Gasteiger partial charge in [-0.2, -0.15) is 0 Å². The number of ether oxygens (including phenoxy) is 1. The van der Waals surface area contributed by atoms with E-state index in [9.17, 15) is 9.50 Å². The van der Waals surface area contributed by atoms with Crippen molar-refractivity contribution in [2.45, 2.75) is 25.8 Å². The van der Waals surface area contributed by atoms with Crippen LogP contribution in [-0.2, 0) is 24.4 Å². The number of rotatable bonds is 10. The van der Waals surface area contributed by atoms with E-state index < -0.39 is 6.10 Å². The summed E-state index contributed by atoms with van der Waals surface area (Å²) < 4.78 is 18.9. The predicted octanol–water partition coefficient (Wildman–Crippen LogP) is 4.41. The number of aliphatic hydroxyl groups is 1. The summed E-state index contributed by atoms with van der Waals surface area (Å²) in [4.78, 5) is 2.15. The Balaban J connectivity index is 1.56. The Kier molecular flexibility index (Phi) is 7.73. The van der Waals surface area contributed by atoms with Crippen LogP contribution >= 0.6 is 0 Å². The van der Waals surface area contributed by atoms with Crippen molar-refractivity contribution in [3.05, 3.63) is 107 Å². The number of hydrogen-bond acceptors (Lipinski definition) is 3. The maximum Gasteiger partial charge on any atom is 0.123 e. The van der Waals surface area contributed by atoms with Crippen LogP contribution in [0.25, 0.3) is 0 Å². The van der Waals surface area contributed by atoms with Gasteiger partial charge in [0.1, 0.15) is 5.82 Å². The minimum absolute atomic E-state index is 0.243. The smallest absolute Gasteiger partial charge is 0.123 e. The van der Waals surface area contributed by atoms with Gasteiger partial charge < -0.3 is 9.84 Å². The Morgan fingerprint density at radius 2 is 1.29 bits per heavy atom. The van der Waals surface area contributed by atoms with E-state index in [1.807, 2.05) is 48.5 Å². The first-order valence-corrected chi connectivity index (χ1v) is 9.49. The molecule has 0 radical (unpaired) electrons. The van der Waals surface area contributed by atoms with Crippen molar-refractivity contribution in [1.82, 2.24) is 4.90 Å². The van der Waals surface area contributed by atoms with E-state index >= 15 is 0 Å². The third kappa shape index (κ3) is 6.89.